The van der Waals surface area contributed by atoms with Crippen molar-refractivity contribution < 1.29 is 14.1 Å². The van der Waals surface area contributed by atoms with E-state index in [1.165, 1.54) is 11.1 Å². The molecule has 184 valence electrons. The van der Waals surface area contributed by atoms with Gasteiger partial charge in [0.1, 0.15) is 5.75 Å². The normalized spacial score (nSPS) is 18.2. The van der Waals surface area contributed by atoms with Crippen LogP contribution in [0.1, 0.15) is 30.4 Å². The van der Waals surface area contributed by atoms with E-state index in [9.17, 15) is 4.79 Å². The number of amides is 1. The van der Waals surface area contributed by atoms with Crippen molar-refractivity contribution in [1.82, 2.24) is 20.4 Å². The zero-order chi connectivity index (χ0) is 24.0. The smallest absolute Gasteiger partial charge is 0.324 e. The molecule has 1 saturated heterocycles. The highest BCUT2D eigenvalue weighted by molar-refractivity contribution is 5.79. The van der Waals surface area contributed by atoms with Crippen molar-refractivity contribution >= 4 is 11.9 Å². The lowest BCUT2D eigenvalue weighted by atomic mass is 9.97. The first kappa shape index (κ1) is 23.4. The van der Waals surface area contributed by atoms with Crippen LogP contribution in [0.5, 0.6) is 5.75 Å². The van der Waals surface area contributed by atoms with Crippen molar-refractivity contribution in [2.45, 2.75) is 32.2 Å². The van der Waals surface area contributed by atoms with Crippen LogP contribution in [-0.4, -0.2) is 60.8 Å². The van der Waals surface area contributed by atoms with E-state index < -0.39 is 0 Å². The fourth-order valence-electron chi connectivity index (χ4n) is 4.97. The molecular formula is C27H33N5O3. The molecule has 1 amide bonds. The molecule has 0 unspecified atom stereocenters. The second-order valence-corrected chi connectivity index (χ2v) is 9.35. The number of aromatic nitrogens is 2. The fourth-order valence-corrected chi connectivity index (χ4v) is 4.97. The quantitative estimate of drug-likeness (QED) is 0.499. The van der Waals surface area contributed by atoms with Gasteiger partial charge in [0.05, 0.1) is 13.0 Å². The predicted molar refractivity (Wildman–Crippen MR) is 134 cm³/mol. The lowest BCUT2D eigenvalue weighted by Gasteiger charge is -2.31. The monoisotopic (exact) mass is 475 g/mol. The van der Waals surface area contributed by atoms with Gasteiger partial charge in [-0.3, -0.25) is 9.69 Å². The topological polar surface area (TPSA) is 83.7 Å². The van der Waals surface area contributed by atoms with Gasteiger partial charge in [0.2, 0.25) is 11.7 Å². The van der Waals surface area contributed by atoms with Gasteiger partial charge < -0.3 is 19.5 Å². The molecule has 3 aromatic rings. The van der Waals surface area contributed by atoms with E-state index >= 15 is 0 Å². The molecule has 2 aliphatic heterocycles. The van der Waals surface area contributed by atoms with Crippen LogP contribution in [0.15, 0.2) is 53.1 Å². The fraction of sp³-hybridized carbons (Fsp3) is 0.444. The number of rotatable bonds is 8. The van der Waals surface area contributed by atoms with E-state index in [0.717, 1.165) is 63.2 Å². The Morgan fingerprint density at radius 3 is 2.80 bits per heavy atom. The molecule has 0 radical (unpaired) electrons. The van der Waals surface area contributed by atoms with Gasteiger partial charge in [0, 0.05) is 44.8 Å². The van der Waals surface area contributed by atoms with Crippen LogP contribution in [0.2, 0.25) is 0 Å². The van der Waals surface area contributed by atoms with Crippen molar-refractivity contribution in [3.05, 3.63) is 59.7 Å². The highest BCUT2D eigenvalue weighted by Crippen LogP contribution is 2.26. The molecule has 0 spiro atoms. The number of carbonyl (C=O) groups excluding carboxylic acids is 1. The van der Waals surface area contributed by atoms with Crippen LogP contribution in [0.25, 0.3) is 11.4 Å². The van der Waals surface area contributed by atoms with Gasteiger partial charge in [-0.25, -0.2) is 0 Å². The molecule has 0 bridgehead atoms. The summed E-state index contributed by atoms with van der Waals surface area (Å²) in [7, 11) is 1.64. The van der Waals surface area contributed by atoms with Crippen molar-refractivity contribution in [3.8, 4) is 17.1 Å². The maximum atomic E-state index is 12.8. The average Bonchev–Trinajstić information content (AvgIpc) is 3.41. The Morgan fingerprint density at radius 2 is 1.97 bits per heavy atom. The number of nitrogens with one attached hydrogen (secondary N) is 1. The van der Waals surface area contributed by atoms with E-state index in [1.807, 2.05) is 29.2 Å². The molecule has 5 rings (SSSR count). The lowest BCUT2D eigenvalue weighted by Crippen LogP contribution is -2.43. The number of anilines is 1. The maximum Gasteiger partial charge on any atom is 0.324 e. The zero-order valence-electron chi connectivity index (χ0n) is 20.3. The molecule has 1 fully saturated rings. The molecule has 1 atom stereocenters. The summed E-state index contributed by atoms with van der Waals surface area (Å²) in [5, 5.41) is 7.29. The molecule has 1 N–H and O–H groups in total. The Kier molecular flexibility index (Phi) is 7.28. The number of ether oxygens (including phenoxy) is 1. The van der Waals surface area contributed by atoms with Gasteiger partial charge in [-0.15, -0.1) is 0 Å². The number of methoxy groups -OCH3 is 1. The van der Waals surface area contributed by atoms with Gasteiger partial charge in [-0.05, 0) is 61.1 Å². The Labute approximate surface area is 206 Å². The third-order valence-electron chi connectivity index (χ3n) is 6.99. The number of piperidine rings is 1. The molecule has 2 aliphatic rings. The van der Waals surface area contributed by atoms with Gasteiger partial charge in [0.15, 0.2) is 0 Å². The highest BCUT2D eigenvalue weighted by Gasteiger charge is 2.28. The molecule has 0 saturated carbocycles. The molecule has 35 heavy (non-hydrogen) atoms. The van der Waals surface area contributed by atoms with Gasteiger partial charge in [-0.2, -0.15) is 4.98 Å². The van der Waals surface area contributed by atoms with Crippen molar-refractivity contribution in [1.29, 1.82) is 0 Å². The number of fused-ring (bicyclic) bond motifs is 1. The van der Waals surface area contributed by atoms with Crippen LogP contribution in [0, 0.1) is 5.92 Å². The average molecular weight is 476 g/mol. The van der Waals surface area contributed by atoms with Crippen LogP contribution in [0.3, 0.4) is 0 Å². The van der Waals surface area contributed by atoms with E-state index in [-0.39, 0.29) is 11.8 Å². The maximum absolute atomic E-state index is 12.8. The zero-order valence-corrected chi connectivity index (χ0v) is 20.3. The molecule has 3 heterocycles. The van der Waals surface area contributed by atoms with Gasteiger partial charge >= 0.3 is 6.01 Å². The predicted octanol–water partition coefficient (Wildman–Crippen LogP) is 3.53. The summed E-state index contributed by atoms with van der Waals surface area (Å²) in [6.07, 6.45) is 3.87. The number of hydrogen-bond acceptors (Lipinski definition) is 7. The Bertz CT molecular complexity index is 1130. The highest BCUT2D eigenvalue weighted by atomic mass is 16.5. The molecule has 2 aromatic carbocycles. The van der Waals surface area contributed by atoms with Crippen LogP contribution in [0.4, 0.5) is 6.01 Å². The number of benzene rings is 2. The van der Waals surface area contributed by atoms with Crippen molar-refractivity contribution in [2.75, 3.05) is 44.7 Å². The summed E-state index contributed by atoms with van der Waals surface area (Å²) in [6.45, 7) is 5.20. The second kappa shape index (κ2) is 10.9. The van der Waals surface area contributed by atoms with E-state index in [2.05, 4.69) is 44.6 Å². The third kappa shape index (κ3) is 5.65. The minimum Gasteiger partial charge on any atom is -0.497 e. The Hall–Kier alpha value is -3.39. The molecule has 8 nitrogen and oxygen atoms in total. The van der Waals surface area contributed by atoms with E-state index in [1.54, 1.807) is 7.11 Å². The number of nitrogens with zero attached hydrogens (tertiary/aromatic N) is 4. The van der Waals surface area contributed by atoms with E-state index in [4.69, 9.17) is 9.26 Å². The van der Waals surface area contributed by atoms with E-state index in [0.29, 0.717) is 24.9 Å². The molecular weight excluding hydrogens is 442 g/mol. The standard InChI is InChI=1S/C27H33N5O3/c1-34-24-11-9-21(10-12-24)25-29-27(35-30-25)32-16-4-8-23(19-32)26(33)28-14-5-15-31-17-13-20-6-2-3-7-22(20)18-31/h2-3,6-7,9-12,23H,4-5,8,13-19H2,1H3,(H,28,33)/t23-/m0/s1. The summed E-state index contributed by atoms with van der Waals surface area (Å²) in [4.78, 5) is 21.9. The van der Waals surface area contributed by atoms with Crippen LogP contribution >= 0.6 is 0 Å². The summed E-state index contributed by atoms with van der Waals surface area (Å²) < 4.78 is 10.7. The minimum atomic E-state index is -0.0676. The van der Waals surface area contributed by atoms with Crippen LogP contribution < -0.4 is 15.0 Å². The first-order valence-corrected chi connectivity index (χ1v) is 12.5. The van der Waals surface area contributed by atoms with Crippen molar-refractivity contribution in [2.24, 2.45) is 5.92 Å². The SMILES string of the molecule is COc1ccc(-c2noc(N3CCC[C@H](C(=O)NCCCN4CCc5ccccc5C4)C3)n2)cc1. The molecule has 0 aliphatic carbocycles. The Morgan fingerprint density at radius 1 is 1.14 bits per heavy atom. The molecule has 1 aromatic heterocycles. The minimum absolute atomic E-state index is 0.0676. The van der Waals surface area contributed by atoms with Gasteiger partial charge in [0.25, 0.3) is 0 Å². The number of hydrogen-bond donors (Lipinski definition) is 1. The summed E-state index contributed by atoms with van der Waals surface area (Å²) in [5.41, 5.74) is 3.77. The first-order valence-electron chi connectivity index (χ1n) is 12.5. The third-order valence-corrected chi connectivity index (χ3v) is 6.99. The van der Waals surface area contributed by atoms with Crippen LogP contribution in [-0.2, 0) is 17.8 Å². The summed E-state index contributed by atoms with van der Waals surface area (Å²) >= 11 is 0. The second-order valence-electron chi connectivity index (χ2n) is 9.35. The first-order chi connectivity index (χ1) is 17.2. The summed E-state index contributed by atoms with van der Waals surface area (Å²) in [5.74, 6) is 1.37. The number of carbonyl (C=O) groups is 1. The Balaban J connectivity index is 1.08. The van der Waals surface area contributed by atoms with Gasteiger partial charge in [-0.1, -0.05) is 29.4 Å². The largest absolute Gasteiger partial charge is 0.497 e. The lowest BCUT2D eigenvalue weighted by molar-refractivity contribution is -0.125. The molecule has 8 heteroatoms. The van der Waals surface area contributed by atoms with Crippen molar-refractivity contribution in [3.63, 3.8) is 0 Å². The summed E-state index contributed by atoms with van der Waals surface area (Å²) in [6, 6.07) is 16.7.